The van der Waals surface area contributed by atoms with Gasteiger partial charge in [-0.05, 0) is 49.4 Å². The van der Waals surface area contributed by atoms with E-state index >= 15 is 0 Å². The molecular weight excluding hydrogens is 346 g/mol. The van der Waals surface area contributed by atoms with Crippen LogP contribution >= 0.6 is 0 Å². The molecular formula is C18H18F6O. The Labute approximate surface area is 140 Å². The van der Waals surface area contributed by atoms with Gasteiger partial charge in [-0.1, -0.05) is 12.2 Å². The molecule has 2 aliphatic heterocycles. The third-order valence-electron chi connectivity index (χ3n) is 8.58. The molecule has 25 heavy (non-hydrogen) atoms. The zero-order chi connectivity index (χ0) is 17.6. The highest BCUT2D eigenvalue weighted by Crippen LogP contribution is 2.83. The zero-order valence-electron chi connectivity index (χ0n) is 13.3. The Bertz CT molecular complexity index is 628. The van der Waals surface area contributed by atoms with Crippen LogP contribution < -0.4 is 0 Å². The van der Waals surface area contributed by atoms with Gasteiger partial charge in [0.15, 0.2) is 11.2 Å². The van der Waals surface area contributed by atoms with Crippen molar-refractivity contribution < 1.29 is 31.1 Å². The van der Waals surface area contributed by atoms with Crippen molar-refractivity contribution in [3.8, 4) is 0 Å². The molecule has 10 atom stereocenters. The summed E-state index contributed by atoms with van der Waals surface area (Å²) in [7, 11) is 0. The summed E-state index contributed by atoms with van der Waals surface area (Å²) >= 11 is 0. The number of ether oxygens (including phenoxy) is 1. The molecule has 0 amide bonds. The third-order valence-corrected chi connectivity index (χ3v) is 8.58. The number of alkyl halides is 6. The van der Waals surface area contributed by atoms with Gasteiger partial charge < -0.3 is 4.74 Å². The first-order valence-electron chi connectivity index (χ1n) is 9.15. The lowest BCUT2D eigenvalue weighted by Gasteiger charge is -2.50. The van der Waals surface area contributed by atoms with Crippen LogP contribution in [-0.2, 0) is 4.74 Å². The fourth-order valence-electron chi connectivity index (χ4n) is 8.38. The minimum atomic E-state index is -4.76. The van der Waals surface area contributed by atoms with Gasteiger partial charge in [0.1, 0.15) is 0 Å². The van der Waals surface area contributed by atoms with Gasteiger partial charge in [0.05, 0.1) is 0 Å². The molecule has 6 aliphatic rings. The van der Waals surface area contributed by atoms with Crippen molar-refractivity contribution in [3.63, 3.8) is 0 Å². The molecule has 6 bridgehead atoms. The average molecular weight is 364 g/mol. The zero-order valence-corrected chi connectivity index (χ0v) is 13.3. The number of hydrogen-bond acceptors (Lipinski definition) is 1. The van der Waals surface area contributed by atoms with Crippen LogP contribution in [0.2, 0.25) is 0 Å². The summed E-state index contributed by atoms with van der Waals surface area (Å²) in [6, 6.07) is 0. The maximum absolute atomic E-state index is 14.4. The van der Waals surface area contributed by atoms with Gasteiger partial charge in [0.25, 0.3) is 0 Å². The molecule has 4 unspecified atom stereocenters. The van der Waals surface area contributed by atoms with E-state index in [0.29, 0.717) is 25.7 Å². The van der Waals surface area contributed by atoms with Crippen LogP contribution in [0.4, 0.5) is 26.3 Å². The van der Waals surface area contributed by atoms with E-state index in [4.69, 9.17) is 4.74 Å². The van der Waals surface area contributed by atoms with Gasteiger partial charge in [-0.2, -0.15) is 26.3 Å². The molecule has 3 saturated carbocycles. The van der Waals surface area contributed by atoms with Crippen LogP contribution in [-0.4, -0.2) is 23.6 Å². The van der Waals surface area contributed by atoms with Crippen LogP contribution in [0.25, 0.3) is 0 Å². The number of allylic oxidation sites excluding steroid dienone is 2. The van der Waals surface area contributed by atoms with Crippen molar-refractivity contribution in [1.29, 1.82) is 0 Å². The van der Waals surface area contributed by atoms with Crippen molar-refractivity contribution in [3.05, 3.63) is 12.2 Å². The molecule has 4 aliphatic carbocycles. The molecule has 6 rings (SSSR count). The molecule has 2 heterocycles. The van der Waals surface area contributed by atoms with Crippen molar-refractivity contribution in [2.45, 2.75) is 49.2 Å². The minimum Gasteiger partial charge on any atom is -0.348 e. The Hall–Kier alpha value is -0.720. The minimum absolute atomic E-state index is 0.273. The summed E-state index contributed by atoms with van der Waals surface area (Å²) in [5.74, 6) is -5.56. The maximum Gasteiger partial charge on any atom is 0.418 e. The van der Waals surface area contributed by atoms with Crippen molar-refractivity contribution in [2.75, 3.05) is 0 Å². The summed E-state index contributed by atoms with van der Waals surface area (Å²) in [6.45, 7) is 0. The Morgan fingerprint density at radius 2 is 1.12 bits per heavy atom. The third kappa shape index (κ3) is 1.32. The van der Waals surface area contributed by atoms with Crippen LogP contribution in [0.3, 0.4) is 0 Å². The quantitative estimate of drug-likeness (QED) is 0.446. The second-order valence-electron chi connectivity index (χ2n) is 9.07. The van der Waals surface area contributed by atoms with Crippen molar-refractivity contribution in [1.82, 2.24) is 0 Å². The SMILES string of the molecule is FC(F)(F)[C@@]12O[C@@](C(F)(F)F)(C3C1[C@@H]1CC[C@@H]3C1)C1C2[C@H]2C=C[C@H]1C2. The Kier molecular flexibility index (Phi) is 2.41. The van der Waals surface area contributed by atoms with Gasteiger partial charge in [0.2, 0.25) is 0 Å². The number of hydrogen-bond donors (Lipinski definition) is 0. The fourth-order valence-corrected chi connectivity index (χ4v) is 8.38. The predicted octanol–water partition coefficient (Wildman–Crippen LogP) is 4.73. The Balaban J connectivity index is 1.65. The van der Waals surface area contributed by atoms with E-state index in [9.17, 15) is 26.3 Å². The summed E-state index contributed by atoms with van der Waals surface area (Å²) in [6.07, 6.45) is -3.92. The van der Waals surface area contributed by atoms with Gasteiger partial charge in [-0.3, -0.25) is 0 Å². The maximum atomic E-state index is 14.4. The second kappa shape index (κ2) is 3.92. The highest BCUT2D eigenvalue weighted by molar-refractivity contribution is 5.36. The monoisotopic (exact) mass is 364 g/mol. The van der Waals surface area contributed by atoms with Crippen LogP contribution in [0.15, 0.2) is 12.2 Å². The molecule has 0 aromatic rings. The van der Waals surface area contributed by atoms with E-state index in [-0.39, 0.29) is 11.8 Å². The molecule has 0 radical (unpaired) electrons. The summed E-state index contributed by atoms with van der Waals surface area (Å²) in [4.78, 5) is 0. The number of halogens is 6. The lowest BCUT2D eigenvalue weighted by atomic mass is 9.51. The molecule has 138 valence electrons. The summed E-state index contributed by atoms with van der Waals surface area (Å²) in [5.41, 5.74) is -5.19. The second-order valence-corrected chi connectivity index (χ2v) is 9.07. The molecule has 0 aromatic carbocycles. The van der Waals surface area contributed by atoms with E-state index in [0.717, 1.165) is 0 Å². The molecule has 0 spiro atoms. The van der Waals surface area contributed by atoms with Crippen LogP contribution in [0.5, 0.6) is 0 Å². The van der Waals surface area contributed by atoms with Crippen molar-refractivity contribution >= 4 is 0 Å². The average Bonchev–Trinajstić information content (AvgIpc) is 3.28. The lowest BCUT2D eigenvalue weighted by molar-refractivity contribution is -0.329. The first-order valence-corrected chi connectivity index (χ1v) is 9.15. The highest BCUT2D eigenvalue weighted by Gasteiger charge is 2.93. The standard InChI is InChI=1S/C18H18F6O/c19-17(20,21)15-11-7-1-2-8(5-7)12(11)16(25-15,18(22,23)24)14-10-4-3-9(6-10)13(14)15/h1-2,7-14H,3-6H2/t7-,8-,9+,10+,11?,12?,13?,14?,15-,16+/m0/s1. The first-order chi connectivity index (χ1) is 11.6. The fraction of sp³-hybridized carbons (Fsp3) is 0.889. The first kappa shape index (κ1) is 15.3. The van der Waals surface area contributed by atoms with Crippen molar-refractivity contribution in [2.24, 2.45) is 47.3 Å². The predicted molar refractivity (Wildman–Crippen MR) is 74.2 cm³/mol. The molecule has 0 aromatic heterocycles. The van der Waals surface area contributed by atoms with E-state index in [1.807, 2.05) is 0 Å². The van der Waals surface area contributed by atoms with Gasteiger partial charge in [-0.15, -0.1) is 0 Å². The van der Waals surface area contributed by atoms with Crippen LogP contribution in [0.1, 0.15) is 25.7 Å². The molecule has 5 fully saturated rings. The van der Waals surface area contributed by atoms with E-state index in [2.05, 4.69) is 0 Å². The topological polar surface area (TPSA) is 9.23 Å². The van der Waals surface area contributed by atoms with Crippen LogP contribution in [0, 0.1) is 47.3 Å². The Morgan fingerprint density at radius 1 is 0.680 bits per heavy atom. The molecule has 1 nitrogen and oxygen atoms in total. The summed E-state index contributed by atoms with van der Waals surface area (Å²) < 4.78 is 91.8. The number of rotatable bonds is 0. The molecule has 7 heteroatoms. The van der Waals surface area contributed by atoms with E-state index in [1.165, 1.54) is 0 Å². The van der Waals surface area contributed by atoms with E-state index in [1.54, 1.807) is 12.2 Å². The normalized spacial score (nSPS) is 60.6. The highest BCUT2D eigenvalue weighted by atomic mass is 19.4. The smallest absolute Gasteiger partial charge is 0.348 e. The number of fused-ring (bicyclic) bond motifs is 16. The van der Waals surface area contributed by atoms with Gasteiger partial charge >= 0.3 is 12.4 Å². The molecule has 0 N–H and O–H groups in total. The van der Waals surface area contributed by atoms with Gasteiger partial charge in [0, 0.05) is 23.7 Å². The lowest BCUT2D eigenvalue weighted by Crippen LogP contribution is -2.63. The Morgan fingerprint density at radius 3 is 1.52 bits per heavy atom. The molecule has 2 saturated heterocycles. The summed E-state index contributed by atoms with van der Waals surface area (Å²) in [5, 5.41) is 0. The largest absolute Gasteiger partial charge is 0.418 e. The van der Waals surface area contributed by atoms with E-state index < -0.39 is 59.1 Å². The van der Waals surface area contributed by atoms with Gasteiger partial charge in [-0.25, -0.2) is 0 Å².